The number of nitriles is 1. The maximum atomic E-state index is 14.1. The highest BCUT2D eigenvalue weighted by Crippen LogP contribution is 2.31. The first kappa shape index (κ1) is 17.7. The molecule has 0 spiro atoms. The molecular formula is C19H24FN3O2. The van der Waals surface area contributed by atoms with Gasteiger partial charge in [0.1, 0.15) is 5.82 Å². The number of rotatable bonds is 3. The molecule has 0 unspecified atom stereocenters. The van der Waals surface area contributed by atoms with E-state index in [1.807, 2.05) is 11.0 Å². The number of hydrogen-bond acceptors (Lipinski definition) is 4. The maximum absolute atomic E-state index is 14.1. The van der Waals surface area contributed by atoms with E-state index in [9.17, 15) is 14.3 Å². The van der Waals surface area contributed by atoms with E-state index >= 15 is 0 Å². The first-order valence-corrected chi connectivity index (χ1v) is 8.95. The van der Waals surface area contributed by atoms with Gasteiger partial charge in [-0.1, -0.05) is 19.3 Å². The summed E-state index contributed by atoms with van der Waals surface area (Å²) in [5.41, 5.74) is -0.0705. The molecule has 1 aromatic carbocycles. The summed E-state index contributed by atoms with van der Waals surface area (Å²) in [4.78, 5) is 16.2. The monoisotopic (exact) mass is 345 g/mol. The van der Waals surface area contributed by atoms with Crippen LogP contribution in [0.2, 0.25) is 0 Å². The zero-order valence-electron chi connectivity index (χ0n) is 14.4. The van der Waals surface area contributed by atoms with Gasteiger partial charge in [0.15, 0.2) is 0 Å². The van der Waals surface area contributed by atoms with E-state index in [2.05, 4.69) is 0 Å². The van der Waals surface area contributed by atoms with Gasteiger partial charge in [-0.25, -0.2) is 4.39 Å². The molecule has 0 atom stereocenters. The summed E-state index contributed by atoms with van der Waals surface area (Å²) in [6.07, 6.45) is 4.69. The Bertz CT molecular complexity index is 672. The molecule has 0 radical (unpaired) electrons. The Hall–Kier alpha value is -2.13. The van der Waals surface area contributed by atoms with E-state index < -0.39 is 11.4 Å². The Balaban J connectivity index is 1.56. The highest BCUT2D eigenvalue weighted by atomic mass is 19.1. The molecule has 134 valence electrons. The minimum atomic E-state index is -0.842. The fraction of sp³-hybridized carbons (Fsp3) is 0.579. The van der Waals surface area contributed by atoms with Crippen LogP contribution in [0.4, 0.5) is 10.1 Å². The summed E-state index contributed by atoms with van der Waals surface area (Å²) >= 11 is 0. The third-order valence-electron chi connectivity index (χ3n) is 5.31. The molecule has 1 heterocycles. The van der Waals surface area contributed by atoms with Crippen molar-refractivity contribution in [1.82, 2.24) is 4.90 Å². The first-order valence-electron chi connectivity index (χ1n) is 8.95. The lowest BCUT2D eigenvalue weighted by molar-refractivity contribution is -0.138. The summed E-state index contributed by atoms with van der Waals surface area (Å²) in [6.45, 7) is 2.14. The van der Waals surface area contributed by atoms with Gasteiger partial charge in [-0.2, -0.15) is 5.26 Å². The predicted octanol–water partition coefficient (Wildman–Crippen LogP) is 2.43. The van der Waals surface area contributed by atoms with Crippen LogP contribution in [0.15, 0.2) is 18.2 Å². The van der Waals surface area contributed by atoms with E-state index in [0.717, 1.165) is 19.3 Å². The summed E-state index contributed by atoms with van der Waals surface area (Å²) in [5, 5.41) is 19.4. The summed E-state index contributed by atoms with van der Waals surface area (Å²) in [5.74, 6) is -0.417. The van der Waals surface area contributed by atoms with E-state index in [-0.39, 0.29) is 12.3 Å². The summed E-state index contributed by atoms with van der Waals surface area (Å²) in [7, 11) is 0. The van der Waals surface area contributed by atoms with Crippen molar-refractivity contribution >= 4 is 11.6 Å². The largest absolute Gasteiger partial charge is 0.389 e. The van der Waals surface area contributed by atoms with Crippen molar-refractivity contribution in [3.8, 4) is 6.07 Å². The van der Waals surface area contributed by atoms with Gasteiger partial charge in [-0.3, -0.25) is 4.79 Å². The van der Waals surface area contributed by atoms with Gasteiger partial charge in [0, 0.05) is 26.2 Å². The molecule has 1 aliphatic heterocycles. The number of carbonyl (C=O) groups is 1. The molecule has 1 aliphatic carbocycles. The van der Waals surface area contributed by atoms with Crippen molar-refractivity contribution < 1.29 is 14.3 Å². The van der Waals surface area contributed by atoms with Crippen molar-refractivity contribution in [2.75, 3.05) is 31.1 Å². The minimum Gasteiger partial charge on any atom is -0.389 e. The van der Waals surface area contributed by atoms with Gasteiger partial charge in [0.2, 0.25) is 5.91 Å². The topological polar surface area (TPSA) is 67.6 Å². The number of piperazine rings is 1. The quantitative estimate of drug-likeness (QED) is 0.914. The van der Waals surface area contributed by atoms with Gasteiger partial charge >= 0.3 is 0 Å². The molecule has 0 bridgehead atoms. The van der Waals surface area contributed by atoms with Crippen molar-refractivity contribution in [3.63, 3.8) is 0 Å². The van der Waals surface area contributed by atoms with Crippen LogP contribution in [-0.2, 0) is 4.79 Å². The van der Waals surface area contributed by atoms with Crippen LogP contribution in [-0.4, -0.2) is 47.7 Å². The molecule has 2 fully saturated rings. The Labute approximate surface area is 147 Å². The Morgan fingerprint density at radius 2 is 1.88 bits per heavy atom. The fourth-order valence-corrected chi connectivity index (χ4v) is 3.81. The minimum absolute atomic E-state index is 0.00986. The molecule has 0 aromatic heterocycles. The molecular weight excluding hydrogens is 321 g/mol. The lowest BCUT2D eigenvalue weighted by atomic mass is 9.82. The molecule has 1 N–H and O–H groups in total. The Morgan fingerprint density at radius 1 is 1.20 bits per heavy atom. The van der Waals surface area contributed by atoms with Crippen LogP contribution in [0.3, 0.4) is 0 Å². The van der Waals surface area contributed by atoms with Crippen molar-refractivity contribution in [3.05, 3.63) is 29.6 Å². The highest BCUT2D eigenvalue weighted by Gasteiger charge is 2.34. The average molecular weight is 345 g/mol. The van der Waals surface area contributed by atoms with Gasteiger partial charge in [0.05, 0.1) is 29.3 Å². The summed E-state index contributed by atoms with van der Waals surface area (Å²) < 4.78 is 14.1. The number of hydrogen-bond donors (Lipinski definition) is 1. The maximum Gasteiger partial charge on any atom is 0.225 e. The number of benzene rings is 1. The molecule has 2 aliphatic rings. The van der Waals surface area contributed by atoms with Crippen LogP contribution in [0.5, 0.6) is 0 Å². The third kappa shape index (κ3) is 4.10. The van der Waals surface area contributed by atoms with Crippen molar-refractivity contribution in [2.45, 2.75) is 44.1 Å². The lowest BCUT2D eigenvalue weighted by Crippen LogP contribution is -2.50. The number of carbonyl (C=O) groups excluding carboxylic acids is 1. The van der Waals surface area contributed by atoms with E-state index in [1.54, 1.807) is 17.0 Å². The zero-order chi connectivity index (χ0) is 17.9. The van der Waals surface area contributed by atoms with Gasteiger partial charge in [0.25, 0.3) is 0 Å². The Kier molecular flexibility index (Phi) is 5.24. The van der Waals surface area contributed by atoms with Crippen molar-refractivity contribution in [2.24, 2.45) is 0 Å². The number of amides is 1. The molecule has 3 rings (SSSR count). The predicted molar refractivity (Wildman–Crippen MR) is 92.6 cm³/mol. The van der Waals surface area contributed by atoms with Crippen LogP contribution in [0.1, 0.15) is 44.1 Å². The third-order valence-corrected chi connectivity index (χ3v) is 5.31. The van der Waals surface area contributed by atoms with Crippen molar-refractivity contribution in [1.29, 1.82) is 5.26 Å². The standard InChI is InChI=1S/C19H24FN3O2/c20-16-12-15(14-21)4-5-17(16)22-8-10-23(11-9-22)18(24)13-19(25)6-2-1-3-7-19/h4-5,12,25H,1-3,6-11,13H2. The Morgan fingerprint density at radius 3 is 2.48 bits per heavy atom. The normalized spacial score (nSPS) is 20.2. The summed E-state index contributed by atoms with van der Waals surface area (Å²) in [6, 6.07) is 6.40. The second kappa shape index (κ2) is 7.40. The molecule has 25 heavy (non-hydrogen) atoms. The van der Waals surface area contributed by atoms with E-state index in [0.29, 0.717) is 50.3 Å². The van der Waals surface area contributed by atoms with Crippen LogP contribution < -0.4 is 4.90 Å². The second-order valence-electron chi connectivity index (χ2n) is 7.11. The highest BCUT2D eigenvalue weighted by molar-refractivity contribution is 5.77. The molecule has 1 aromatic rings. The molecule has 5 nitrogen and oxygen atoms in total. The molecule has 6 heteroatoms. The van der Waals surface area contributed by atoms with Crippen LogP contribution >= 0.6 is 0 Å². The fourth-order valence-electron chi connectivity index (χ4n) is 3.81. The zero-order valence-corrected chi connectivity index (χ0v) is 14.4. The van der Waals surface area contributed by atoms with Gasteiger partial charge in [-0.05, 0) is 31.0 Å². The smallest absolute Gasteiger partial charge is 0.225 e. The first-order chi connectivity index (χ1) is 12.0. The average Bonchev–Trinajstić information content (AvgIpc) is 2.62. The number of halogens is 1. The SMILES string of the molecule is N#Cc1ccc(N2CCN(C(=O)CC3(O)CCCCC3)CC2)c(F)c1. The number of anilines is 1. The van der Waals surface area contributed by atoms with Gasteiger partial charge in [-0.15, -0.1) is 0 Å². The second-order valence-corrected chi connectivity index (χ2v) is 7.11. The van der Waals surface area contributed by atoms with E-state index in [4.69, 9.17) is 5.26 Å². The van der Waals surface area contributed by atoms with E-state index in [1.165, 1.54) is 6.07 Å². The van der Waals surface area contributed by atoms with Crippen LogP contribution in [0, 0.1) is 17.1 Å². The van der Waals surface area contributed by atoms with Crippen LogP contribution in [0.25, 0.3) is 0 Å². The lowest BCUT2D eigenvalue weighted by Gasteiger charge is -2.38. The number of nitrogens with zero attached hydrogens (tertiary/aromatic N) is 3. The number of aliphatic hydroxyl groups is 1. The molecule has 1 saturated carbocycles. The molecule has 1 saturated heterocycles. The molecule has 1 amide bonds. The van der Waals surface area contributed by atoms with Gasteiger partial charge < -0.3 is 14.9 Å².